The Morgan fingerprint density at radius 1 is 0.132 bits per heavy atom. The van der Waals surface area contributed by atoms with E-state index in [0.29, 0.717) is 17.8 Å². The summed E-state index contributed by atoms with van der Waals surface area (Å²) in [4.78, 5) is 31.6. The highest BCUT2D eigenvalue weighted by Gasteiger charge is 2.26. The topological polar surface area (TPSA) is 92.1 Å². The molecule has 0 saturated carbocycles. The molecule has 0 bridgehead atoms. The zero-order chi connectivity index (χ0) is 85.0. The zero-order valence-electron chi connectivity index (χ0n) is 69.8. The lowest BCUT2D eigenvalue weighted by Gasteiger charge is -2.14. The van der Waals surface area contributed by atoms with Crippen LogP contribution in [0.2, 0.25) is 0 Å². The average molecular weight is 1640 g/mol. The molecule has 0 N–H and O–H groups in total. The van der Waals surface area contributed by atoms with E-state index in [0.717, 1.165) is 111 Å². The average Bonchev–Trinajstić information content (AvgIpc) is 1.56. The molecule has 6 heterocycles. The highest BCUT2D eigenvalue weighted by molar-refractivity contribution is 6.31. The number of para-hydroxylation sites is 3. The lowest BCUT2D eigenvalue weighted by Crippen LogP contribution is -2.03. The molecule has 0 aliphatic carbocycles. The summed E-state index contributed by atoms with van der Waals surface area (Å²) in [6, 6.07) is 161. The Kier molecular flexibility index (Phi) is 17.7. The van der Waals surface area contributed by atoms with Gasteiger partial charge in [-0.1, -0.05) is 382 Å². The largest absolute Gasteiger partial charge is 0.278 e. The van der Waals surface area contributed by atoms with Crippen LogP contribution in [0.3, 0.4) is 0 Å². The summed E-state index contributed by atoms with van der Waals surface area (Å²) in [5.74, 6) is 2.01. The minimum absolute atomic E-state index is 0.658. The fourth-order valence-corrected chi connectivity index (χ4v) is 19.8. The van der Waals surface area contributed by atoms with Crippen LogP contribution in [-0.4, -0.2) is 43.6 Å². The van der Waals surface area contributed by atoms with Crippen molar-refractivity contribution in [3.05, 3.63) is 455 Å². The van der Waals surface area contributed by atoms with Gasteiger partial charge in [0.2, 0.25) is 17.8 Å². The molecule has 600 valence electrons. The molecule has 0 spiro atoms. The fraction of sp³-hybridized carbons (Fsp3) is 0. The predicted molar refractivity (Wildman–Crippen MR) is 539 cm³/mol. The normalized spacial score (nSPS) is 11.7. The molecular formula is C120H75N9. The molecule has 21 aromatic carbocycles. The summed E-state index contributed by atoms with van der Waals surface area (Å²) < 4.78 is 6.75. The van der Waals surface area contributed by atoms with E-state index < -0.39 is 0 Å². The molecule has 129 heavy (non-hydrogen) atoms. The van der Waals surface area contributed by atoms with Gasteiger partial charge in [-0.15, -0.1) is 0 Å². The lowest BCUT2D eigenvalue weighted by atomic mass is 9.94. The lowest BCUT2D eigenvalue weighted by molar-refractivity contribution is 1.01. The molecule has 9 heteroatoms. The molecule has 0 aliphatic rings. The second-order valence-electron chi connectivity index (χ2n) is 33.1. The number of hydrogen-bond donors (Lipinski definition) is 0. The highest BCUT2D eigenvalue weighted by Crippen LogP contribution is 2.47. The van der Waals surface area contributed by atoms with Gasteiger partial charge >= 0.3 is 0 Å². The zero-order valence-corrected chi connectivity index (χ0v) is 69.8. The monoisotopic (exact) mass is 1640 g/mol. The predicted octanol–water partition coefficient (Wildman–Crippen LogP) is 31.1. The first-order valence-corrected chi connectivity index (χ1v) is 43.8. The third-order valence-electron chi connectivity index (χ3n) is 25.7. The molecule has 27 rings (SSSR count). The maximum Gasteiger partial charge on any atom is 0.235 e. The Balaban J connectivity index is 0.000000106. The van der Waals surface area contributed by atoms with Crippen LogP contribution in [-0.2, 0) is 0 Å². The van der Waals surface area contributed by atoms with E-state index in [4.69, 9.17) is 29.9 Å². The van der Waals surface area contributed by atoms with Gasteiger partial charge in [0.15, 0.2) is 0 Å². The van der Waals surface area contributed by atoms with Gasteiger partial charge in [0, 0.05) is 65.2 Å². The van der Waals surface area contributed by atoms with Gasteiger partial charge in [0.05, 0.1) is 66.7 Å². The van der Waals surface area contributed by atoms with Crippen LogP contribution in [0.1, 0.15) is 0 Å². The Morgan fingerprint density at radius 2 is 0.326 bits per heavy atom. The minimum atomic E-state index is 0.658. The van der Waals surface area contributed by atoms with Crippen LogP contribution in [0.15, 0.2) is 455 Å². The molecule has 0 amide bonds. The summed E-state index contributed by atoms with van der Waals surface area (Å²) in [7, 11) is 0. The third kappa shape index (κ3) is 12.6. The summed E-state index contributed by atoms with van der Waals surface area (Å²) >= 11 is 0. The van der Waals surface area contributed by atoms with E-state index in [2.05, 4.69) is 444 Å². The van der Waals surface area contributed by atoms with E-state index in [1.54, 1.807) is 0 Å². The van der Waals surface area contributed by atoms with Gasteiger partial charge in [0.25, 0.3) is 0 Å². The Morgan fingerprint density at radius 3 is 0.605 bits per heavy atom. The summed E-state index contributed by atoms with van der Waals surface area (Å²) in [5.41, 5.74) is 22.4. The van der Waals surface area contributed by atoms with E-state index in [1.807, 2.05) is 24.3 Å². The molecular weight excluding hydrogens is 1570 g/mol. The summed E-state index contributed by atoms with van der Waals surface area (Å²) in [6.45, 7) is 0. The quantitative estimate of drug-likeness (QED) is 0.143. The van der Waals surface area contributed by atoms with Gasteiger partial charge in [-0.2, -0.15) is 0 Å². The Bertz CT molecular complexity index is 8840. The van der Waals surface area contributed by atoms with Crippen molar-refractivity contribution in [2.45, 2.75) is 0 Å². The van der Waals surface area contributed by atoms with Crippen molar-refractivity contribution >= 4 is 163 Å². The maximum absolute atomic E-state index is 5.50. The first-order valence-electron chi connectivity index (χ1n) is 43.8. The van der Waals surface area contributed by atoms with Gasteiger partial charge in [-0.05, 0) is 171 Å². The van der Waals surface area contributed by atoms with Crippen LogP contribution in [0.25, 0.3) is 248 Å². The van der Waals surface area contributed by atoms with Crippen LogP contribution in [0, 0.1) is 0 Å². The molecule has 0 saturated heterocycles. The first-order chi connectivity index (χ1) is 64.0. The molecule has 0 fully saturated rings. The van der Waals surface area contributed by atoms with Crippen LogP contribution < -0.4 is 0 Å². The van der Waals surface area contributed by atoms with Crippen LogP contribution in [0.5, 0.6) is 0 Å². The number of hydrogen-bond acceptors (Lipinski definition) is 6. The Labute approximate surface area is 741 Å². The van der Waals surface area contributed by atoms with Crippen molar-refractivity contribution in [2.75, 3.05) is 0 Å². The molecule has 0 radical (unpaired) electrons. The fourth-order valence-electron chi connectivity index (χ4n) is 19.8. The smallest absolute Gasteiger partial charge is 0.235 e. The number of aromatic nitrogens is 9. The van der Waals surface area contributed by atoms with Gasteiger partial charge < -0.3 is 0 Å². The van der Waals surface area contributed by atoms with Crippen LogP contribution in [0.4, 0.5) is 0 Å². The second kappa shape index (κ2) is 30.8. The summed E-state index contributed by atoms with van der Waals surface area (Å²) in [5, 5.41) is 25.2. The van der Waals surface area contributed by atoms with Crippen LogP contribution >= 0.6 is 0 Å². The van der Waals surface area contributed by atoms with E-state index in [9.17, 15) is 0 Å². The SMILES string of the molecule is c1ccc(-c2cc(-c3ccccc3)cc(-c3nc(-n4c5ccc6ccccc6c5c5c6ccccc6ccc54)nc4ccccc34)c2)cc1.c1ccc(-c2ccc(-c3nc(-n4c5ccc6ccccc6c5c5c6ccccc6ccc54)nc4ccccc34)cc2)cc1.c1ccc(-c2nc(-n3c4ccc5ccccc5c4c4c5ccccc5ccc43)nc3ccccc23)cc1. The van der Waals surface area contributed by atoms with E-state index in [1.165, 1.54) is 119 Å². The number of nitrogens with zero attached hydrogens (tertiary/aromatic N) is 9. The molecule has 6 aromatic heterocycles. The van der Waals surface area contributed by atoms with Crippen molar-refractivity contribution in [2.24, 2.45) is 0 Å². The molecule has 0 aliphatic heterocycles. The standard InChI is InChI=1S/C46H29N3.C40H25N3.C34H21N3/c1-3-13-30(14-4-1)34-27-35(31-15-5-2-6-16-31)29-36(28-34)45-39-21-11-12-22-40(39)47-46(48-45)49-41-25-23-32-17-7-9-19-37(32)43(41)44-38-20-10-8-18-33(38)24-26-42(44)49;1-2-10-26(11-3-1)27-18-20-30(21-19-27)39-33-16-8-9-17-34(33)41-40(42-39)43-35-24-22-28-12-4-6-14-31(28)37(35)38-32-15-7-5-13-29(32)23-25-36(38)43;1-2-12-24(13-3-1)33-27-16-8-9-17-28(27)35-34(36-33)37-29-20-18-22-10-4-6-14-25(22)31(29)32-26-15-7-5-11-23(26)19-21-30(32)37/h1-29H;1-25H;1-21H. The number of rotatable bonds is 9. The molecule has 9 nitrogen and oxygen atoms in total. The maximum atomic E-state index is 5.50. The first kappa shape index (κ1) is 74.2. The third-order valence-corrected chi connectivity index (χ3v) is 25.7. The van der Waals surface area contributed by atoms with Crippen molar-refractivity contribution < 1.29 is 0 Å². The number of benzene rings is 21. The van der Waals surface area contributed by atoms with Gasteiger partial charge in [-0.25, -0.2) is 29.9 Å². The molecule has 0 unspecified atom stereocenters. The van der Waals surface area contributed by atoms with E-state index >= 15 is 0 Å². The van der Waals surface area contributed by atoms with Crippen molar-refractivity contribution in [3.63, 3.8) is 0 Å². The van der Waals surface area contributed by atoms with Crippen molar-refractivity contribution in [1.29, 1.82) is 0 Å². The number of fused-ring (bicyclic) bond motifs is 24. The van der Waals surface area contributed by atoms with Gasteiger partial charge in [0.1, 0.15) is 0 Å². The molecule has 27 aromatic rings. The van der Waals surface area contributed by atoms with Crippen molar-refractivity contribution in [1.82, 2.24) is 43.6 Å². The molecule has 0 atom stereocenters. The highest BCUT2D eigenvalue weighted by atomic mass is 15.2. The second-order valence-corrected chi connectivity index (χ2v) is 33.1. The minimum Gasteiger partial charge on any atom is -0.278 e. The van der Waals surface area contributed by atoms with Crippen molar-refractivity contribution in [3.8, 4) is 85.0 Å². The van der Waals surface area contributed by atoms with E-state index in [-0.39, 0.29) is 0 Å². The summed E-state index contributed by atoms with van der Waals surface area (Å²) in [6.07, 6.45) is 0. The van der Waals surface area contributed by atoms with Gasteiger partial charge in [-0.3, -0.25) is 13.7 Å². The Hall–Kier alpha value is -17.4.